The summed E-state index contributed by atoms with van der Waals surface area (Å²) in [6, 6.07) is 10.6. The summed E-state index contributed by atoms with van der Waals surface area (Å²) < 4.78 is 11.0. The SMILES string of the molecule is O=C(Cc1cc(Cl)c2c(c1)OCCO2)Nc1cccc(NC(=O)C2CC2)c1. The zero-order valence-electron chi connectivity index (χ0n) is 14.6. The molecule has 27 heavy (non-hydrogen) atoms. The molecule has 0 saturated heterocycles. The van der Waals surface area contributed by atoms with Gasteiger partial charge < -0.3 is 20.1 Å². The highest BCUT2D eigenvalue weighted by molar-refractivity contribution is 6.32. The van der Waals surface area contributed by atoms with E-state index < -0.39 is 0 Å². The Morgan fingerprint density at radius 1 is 1.04 bits per heavy atom. The van der Waals surface area contributed by atoms with Crippen molar-refractivity contribution in [2.75, 3.05) is 23.8 Å². The van der Waals surface area contributed by atoms with Crippen LogP contribution in [0.5, 0.6) is 11.5 Å². The number of carbonyl (C=O) groups excluding carboxylic acids is 2. The van der Waals surface area contributed by atoms with Gasteiger partial charge in [0.25, 0.3) is 0 Å². The molecule has 1 fully saturated rings. The van der Waals surface area contributed by atoms with Crippen LogP contribution in [0.2, 0.25) is 5.02 Å². The lowest BCUT2D eigenvalue weighted by molar-refractivity contribution is -0.117. The van der Waals surface area contributed by atoms with Crippen LogP contribution in [-0.2, 0) is 16.0 Å². The van der Waals surface area contributed by atoms with E-state index >= 15 is 0 Å². The van der Waals surface area contributed by atoms with Gasteiger partial charge in [0.2, 0.25) is 11.8 Å². The molecule has 2 aromatic rings. The monoisotopic (exact) mass is 386 g/mol. The minimum atomic E-state index is -0.187. The Labute approximate surface area is 161 Å². The van der Waals surface area contributed by atoms with Crippen molar-refractivity contribution in [3.05, 3.63) is 47.0 Å². The topological polar surface area (TPSA) is 76.7 Å². The first-order valence-electron chi connectivity index (χ1n) is 8.87. The van der Waals surface area contributed by atoms with Crippen LogP contribution >= 0.6 is 11.6 Å². The van der Waals surface area contributed by atoms with E-state index in [4.69, 9.17) is 21.1 Å². The fourth-order valence-electron chi connectivity index (χ4n) is 2.92. The number of benzene rings is 2. The first kappa shape index (κ1) is 17.7. The molecule has 1 saturated carbocycles. The Balaban J connectivity index is 1.40. The van der Waals surface area contributed by atoms with Gasteiger partial charge in [-0.2, -0.15) is 0 Å². The molecule has 2 aromatic carbocycles. The quantitative estimate of drug-likeness (QED) is 0.822. The average molecular weight is 387 g/mol. The van der Waals surface area contributed by atoms with Gasteiger partial charge in [-0.1, -0.05) is 17.7 Å². The maximum Gasteiger partial charge on any atom is 0.228 e. The van der Waals surface area contributed by atoms with Crippen molar-refractivity contribution in [3.8, 4) is 11.5 Å². The van der Waals surface area contributed by atoms with Gasteiger partial charge in [-0.25, -0.2) is 0 Å². The van der Waals surface area contributed by atoms with Crippen molar-refractivity contribution < 1.29 is 19.1 Å². The number of amides is 2. The molecule has 7 heteroatoms. The Bertz CT molecular complexity index is 896. The molecule has 0 atom stereocenters. The molecule has 0 bridgehead atoms. The van der Waals surface area contributed by atoms with E-state index in [9.17, 15) is 9.59 Å². The molecule has 0 unspecified atom stereocenters. The second kappa shape index (κ2) is 7.48. The third-order valence-corrected chi connectivity index (χ3v) is 4.66. The minimum absolute atomic E-state index is 0.0318. The molecule has 0 aromatic heterocycles. The van der Waals surface area contributed by atoms with Gasteiger partial charge in [0.15, 0.2) is 11.5 Å². The maximum absolute atomic E-state index is 12.4. The third-order valence-electron chi connectivity index (χ3n) is 4.38. The van der Waals surface area contributed by atoms with Gasteiger partial charge in [-0.05, 0) is 48.7 Å². The van der Waals surface area contributed by atoms with E-state index in [1.807, 2.05) is 0 Å². The minimum Gasteiger partial charge on any atom is -0.486 e. The van der Waals surface area contributed by atoms with Crippen LogP contribution < -0.4 is 20.1 Å². The average Bonchev–Trinajstić information content (AvgIpc) is 3.47. The Morgan fingerprint density at radius 2 is 1.78 bits per heavy atom. The van der Waals surface area contributed by atoms with E-state index in [0.29, 0.717) is 41.1 Å². The van der Waals surface area contributed by atoms with Gasteiger partial charge in [-0.3, -0.25) is 9.59 Å². The first-order chi connectivity index (χ1) is 13.1. The predicted octanol–water partition coefficient (Wildman–Crippen LogP) is 3.64. The summed E-state index contributed by atoms with van der Waals surface area (Å²) in [4.78, 5) is 24.3. The second-order valence-electron chi connectivity index (χ2n) is 6.67. The zero-order valence-corrected chi connectivity index (χ0v) is 15.3. The molecule has 0 radical (unpaired) electrons. The smallest absolute Gasteiger partial charge is 0.228 e. The zero-order chi connectivity index (χ0) is 18.8. The molecule has 4 rings (SSSR count). The standard InChI is InChI=1S/C20H19ClN2O4/c21-16-8-12(9-17-19(16)27-7-6-26-17)10-18(24)22-14-2-1-3-15(11-14)23-20(25)13-4-5-13/h1-3,8-9,11,13H,4-7,10H2,(H,22,24)(H,23,25). The highest BCUT2D eigenvalue weighted by Gasteiger charge is 2.29. The number of ether oxygens (including phenoxy) is 2. The number of hydrogen-bond donors (Lipinski definition) is 2. The summed E-state index contributed by atoms with van der Waals surface area (Å²) in [5.74, 6) is 1.05. The Hall–Kier alpha value is -2.73. The molecule has 0 spiro atoms. The number of anilines is 2. The number of halogens is 1. The molecule has 2 amide bonds. The van der Waals surface area contributed by atoms with Crippen LogP contribution in [0.25, 0.3) is 0 Å². The van der Waals surface area contributed by atoms with Crippen molar-refractivity contribution in [2.24, 2.45) is 5.92 Å². The maximum atomic E-state index is 12.4. The third kappa shape index (κ3) is 4.34. The summed E-state index contributed by atoms with van der Waals surface area (Å²) in [5, 5.41) is 6.14. The van der Waals surface area contributed by atoms with Gasteiger partial charge in [-0.15, -0.1) is 0 Å². The van der Waals surface area contributed by atoms with Gasteiger partial charge in [0, 0.05) is 17.3 Å². The van der Waals surface area contributed by atoms with Gasteiger partial charge in [0.05, 0.1) is 11.4 Å². The number of hydrogen-bond acceptors (Lipinski definition) is 4. The van der Waals surface area contributed by atoms with Crippen molar-refractivity contribution in [1.29, 1.82) is 0 Å². The summed E-state index contributed by atoms with van der Waals surface area (Å²) in [7, 11) is 0. The highest BCUT2D eigenvalue weighted by atomic mass is 35.5. The number of rotatable bonds is 5. The van der Waals surface area contributed by atoms with E-state index in [0.717, 1.165) is 18.4 Å². The second-order valence-corrected chi connectivity index (χ2v) is 7.08. The number of fused-ring (bicyclic) bond motifs is 1. The van der Waals surface area contributed by atoms with Crippen molar-refractivity contribution >= 4 is 34.8 Å². The van der Waals surface area contributed by atoms with Crippen LogP contribution in [0.4, 0.5) is 11.4 Å². The Morgan fingerprint density at radius 3 is 2.56 bits per heavy atom. The summed E-state index contributed by atoms with van der Waals surface area (Å²) in [5.41, 5.74) is 2.03. The molecule has 6 nitrogen and oxygen atoms in total. The number of nitrogens with one attached hydrogen (secondary N) is 2. The highest BCUT2D eigenvalue weighted by Crippen LogP contribution is 2.38. The first-order valence-corrected chi connectivity index (χ1v) is 9.25. The molecule has 2 aliphatic rings. The molecule has 1 heterocycles. The largest absolute Gasteiger partial charge is 0.486 e. The molecule has 140 valence electrons. The lowest BCUT2D eigenvalue weighted by Crippen LogP contribution is -2.18. The fraction of sp³-hybridized carbons (Fsp3) is 0.300. The molecular weight excluding hydrogens is 368 g/mol. The van der Waals surface area contributed by atoms with Crippen LogP contribution in [-0.4, -0.2) is 25.0 Å². The molecule has 1 aliphatic carbocycles. The van der Waals surface area contributed by atoms with Crippen LogP contribution in [0.15, 0.2) is 36.4 Å². The molecule has 1 aliphatic heterocycles. The van der Waals surface area contributed by atoms with Gasteiger partial charge >= 0.3 is 0 Å². The summed E-state index contributed by atoms with van der Waals surface area (Å²) in [6.07, 6.45) is 2.04. The van der Waals surface area contributed by atoms with E-state index in [1.54, 1.807) is 36.4 Å². The van der Waals surface area contributed by atoms with Crippen molar-refractivity contribution in [3.63, 3.8) is 0 Å². The lowest BCUT2D eigenvalue weighted by atomic mass is 10.1. The summed E-state index contributed by atoms with van der Waals surface area (Å²) >= 11 is 6.21. The van der Waals surface area contributed by atoms with Crippen LogP contribution in [0.1, 0.15) is 18.4 Å². The lowest BCUT2D eigenvalue weighted by Gasteiger charge is -2.20. The van der Waals surface area contributed by atoms with Crippen LogP contribution in [0.3, 0.4) is 0 Å². The van der Waals surface area contributed by atoms with Crippen molar-refractivity contribution in [2.45, 2.75) is 19.3 Å². The van der Waals surface area contributed by atoms with E-state index in [-0.39, 0.29) is 24.2 Å². The number of carbonyl (C=O) groups is 2. The summed E-state index contributed by atoms with van der Waals surface area (Å²) in [6.45, 7) is 0.915. The van der Waals surface area contributed by atoms with E-state index in [1.165, 1.54) is 0 Å². The normalized spacial score (nSPS) is 15.1. The predicted molar refractivity (Wildman–Crippen MR) is 103 cm³/mol. The van der Waals surface area contributed by atoms with Crippen molar-refractivity contribution in [1.82, 2.24) is 0 Å². The van der Waals surface area contributed by atoms with E-state index in [2.05, 4.69) is 10.6 Å². The molecule has 2 N–H and O–H groups in total. The fourth-order valence-corrected chi connectivity index (χ4v) is 3.21. The molecular formula is C20H19ClN2O4. The van der Waals surface area contributed by atoms with Gasteiger partial charge in [0.1, 0.15) is 13.2 Å². The Kier molecular flexibility index (Phi) is 4.90. The van der Waals surface area contributed by atoms with Crippen LogP contribution in [0, 0.1) is 5.92 Å².